The minimum absolute atomic E-state index is 0.0918. The number of ether oxygens (including phenoxy) is 3. The minimum Gasteiger partial charge on any atom is -0.493 e. The summed E-state index contributed by atoms with van der Waals surface area (Å²) in [4.78, 5) is 24.0. The number of aromatic amines is 1. The number of methoxy groups -OCH3 is 1. The van der Waals surface area contributed by atoms with E-state index in [1.807, 2.05) is 0 Å². The van der Waals surface area contributed by atoms with E-state index in [1.54, 1.807) is 24.3 Å². The Morgan fingerprint density at radius 3 is 2.61 bits per heavy atom. The Labute approximate surface area is 157 Å². The monoisotopic (exact) mass is 390 g/mol. The number of hydrogen-bond acceptors (Lipinski definition) is 6. The summed E-state index contributed by atoms with van der Waals surface area (Å²) in [5.74, 6) is -0.574. The lowest BCUT2D eigenvalue weighted by Crippen LogP contribution is -2.15. The van der Waals surface area contributed by atoms with Crippen LogP contribution in [0.1, 0.15) is 11.3 Å². The van der Waals surface area contributed by atoms with Gasteiger partial charge in [0.05, 0.1) is 24.6 Å². The Kier molecular flexibility index (Phi) is 5.83. The molecule has 0 fully saturated rings. The number of aromatic nitrogens is 2. The van der Waals surface area contributed by atoms with Crippen molar-refractivity contribution in [2.24, 2.45) is 0 Å². The number of alkyl halides is 2. The highest BCUT2D eigenvalue weighted by atomic mass is 19.3. The number of carbonyl (C=O) groups excluding carboxylic acids is 1. The van der Waals surface area contributed by atoms with Crippen molar-refractivity contribution in [3.8, 4) is 11.5 Å². The first-order valence-corrected chi connectivity index (χ1v) is 8.21. The number of esters is 1. The molecule has 0 unspecified atom stereocenters. The summed E-state index contributed by atoms with van der Waals surface area (Å²) in [7, 11) is 1.32. The number of halogens is 2. The van der Waals surface area contributed by atoms with Crippen molar-refractivity contribution in [1.82, 2.24) is 10.2 Å². The first-order chi connectivity index (χ1) is 13.5. The quantitative estimate of drug-likeness (QED) is 0.624. The van der Waals surface area contributed by atoms with E-state index in [9.17, 15) is 18.4 Å². The molecule has 0 bridgehead atoms. The summed E-state index contributed by atoms with van der Waals surface area (Å²) in [6, 6.07) is 11.0. The van der Waals surface area contributed by atoms with Crippen molar-refractivity contribution < 1.29 is 27.8 Å². The van der Waals surface area contributed by atoms with Gasteiger partial charge >= 0.3 is 12.6 Å². The molecule has 0 aliphatic heterocycles. The van der Waals surface area contributed by atoms with E-state index in [-0.39, 0.29) is 30.1 Å². The van der Waals surface area contributed by atoms with Crippen LogP contribution in [0.3, 0.4) is 0 Å². The normalized spacial score (nSPS) is 10.9. The first-order valence-electron chi connectivity index (χ1n) is 8.21. The molecule has 3 aromatic rings. The van der Waals surface area contributed by atoms with Gasteiger partial charge in [0.2, 0.25) is 0 Å². The van der Waals surface area contributed by atoms with Gasteiger partial charge in [-0.25, -0.2) is 5.10 Å². The highest BCUT2D eigenvalue weighted by molar-refractivity contribution is 5.86. The smallest absolute Gasteiger partial charge is 0.387 e. The molecule has 28 heavy (non-hydrogen) atoms. The molecule has 2 aromatic carbocycles. The van der Waals surface area contributed by atoms with Crippen LogP contribution >= 0.6 is 0 Å². The van der Waals surface area contributed by atoms with Gasteiger partial charge in [-0.2, -0.15) is 13.9 Å². The second-order valence-electron chi connectivity index (χ2n) is 5.75. The summed E-state index contributed by atoms with van der Waals surface area (Å²) < 4.78 is 39.3. The fourth-order valence-corrected chi connectivity index (χ4v) is 2.65. The summed E-state index contributed by atoms with van der Waals surface area (Å²) in [6.45, 7) is -3.07. The summed E-state index contributed by atoms with van der Waals surface area (Å²) in [5.41, 5.74) is 0.579. The SMILES string of the molecule is COc1cc(COC(=O)Cc2n[nH]c(=O)c3ccccc23)ccc1OC(F)F. The maximum atomic E-state index is 12.4. The van der Waals surface area contributed by atoms with Gasteiger partial charge in [0.15, 0.2) is 11.5 Å². The summed E-state index contributed by atoms with van der Waals surface area (Å²) in [5, 5.41) is 7.27. The molecule has 1 aromatic heterocycles. The van der Waals surface area contributed by atoms with Crippen LogP contribution in [0, 0.1) is 0 Å². The molecule has 1 heterocycles. The predicted octanol–water partition coefficient (Wildman–Crippen LogP) is 2.82. The molecule has 7 nitrogen and oxygen atoms in total. The third kappa shape index (κ3) is 4.43. The molecule has 1 N–H and O–H groups in total. The van der Waals surface area contributed by atoms with Crippen molar-refractivity contribution >= 4 is 16.7 Å². The van der Waals surface area contributed by atoms with Gasteiger partial charge in [0.1, 0.15) is 6.61 Å². The zero-order valence-corrected chi connectivity index (χ0v) is 14.8. The lowest BCUT2D eigenvalue weighted by Gasteiger charge is -2.12. The third-order valence-electron chi connectivity index (χ3n) is 3.93. The average Bonchev–Trinajstić information content (AvgIpc) is 2.69. The Hall–Kier alpha value is -3.49. The van der Waals surface area contributed by atoms with Crippen molar-refractivity contribution in [2.45, 2.75) is 19.6 Å². The molecule has 0 atom stereocenters. The second-order valence-corrected chi connectivity index (χ2v) is 5.75. The Bertz CT molecular complexity index is 1050. The van der Waals surface area contributed by atoms with Crippen LogP contribution in [-0.4, -0.2) is 29.9 Å². The Morgan fingerprint density at radius 2 is 1.89 bits per heavy atom. The maximum Gasteiger partial charge on any atom is 0.387 e. The second kappa shape index (κ2) is 8.47. The van der Waals surface area contributed by atoms with Crippen LogP contribution in [0.15, 0.2) is 47.3 Å². The van der Waals surface area contributed by atoms with Crippen LogP contribution in [-0.2, 0) is 22.6 Å². The number of nitrogens with zero attached hydrogens (tertiary/aromatic N) is 1. The average molecular weight is 390 g/mol. The largest absolute Gasteiger partial charge is 0.493 e. The van der Waals surface area contributed by atoms with E-state index in [0.29, 0.717) is 22.0 Å². The molecule has 146 valence electrons. The molecule has 0 saturated carbocycles. The third-order valence-corrected chi connectivity index (χ3v) is 3.93. The maximum absolute atomic E-state index is 12.4. The van der Waals surface area contributed by atoms with Gasteiger partial charge in [0, 0.05) is 5.39 Å². The van der Waals surface area contributed by atoms with E-state index in [2.05, 4.69) is 14.9 Å². The van der Waals surface area contributed by atoms with Crippen molar-refractivity contribution in [1.29, 1.82) is 0 Å². The molecule has 3 rings (SSSR count). The van der Waals surface area contributed by atoms with Gasteiger partial charge in [0.25, 0.3) is 5.56 Å². The lowest BCUT2D eigenvalue weighted by atomic mass is 10.1. The van der Waals surface area contributed by atoms with Gasteiger partial charge < -0.3 is 14.2 Å². The first kappa shape index (κ1) is 19.3. The van der Waals surface area contributed by atoms with Crippen LogP contribution < -0.4 is 15.0 Å². The van der Waals surface area contributed by atoms with Crippen molar-refractivity contribution in [3.63, 3.8) is 0 Å². The number of H-pyrrole nitrogens is 1. The highest BCUT2D eigenvalue weighted by Gasteiger charge is 2.14. The number of rotatable bonds is 7. The highest BCUT2D eigenvalue weighted by Crippen LogP contribution is 2.29. The lowest BCUT2D eigenvalue weighted by molar-refractivity contribution is -0.144. The van der Waals surface area contributed by atoms with Gasteiger partial charge in [-0.05, 0) is 23.8 Å². The van der Waals surface area contributed by atoms with E-state index in [1.165, 1.54) is 25.3 Å². The van der Waals surface area contributed by atoms with Gasteiger partial charge in [-0.15, -0.1) is 0 Å². The number of benzene rings is 2. The molecule has 9 heteroatoms. The van der Waals surface area contributed by atoms with E-state index in [4.69, 9.17) is 9.47 Å². The zero-order valence-electron chi connectivity index (χ0n) is 14.8. The topological polar surface area (TPSA) is 90.5 Å². The summed E-state index contributed by atoms with van der Waals surface area (Å²) >= 11 is 0. The van der Waals surface area contributed by atoms with Crippen molar-refractivity contribution in [3.05, 3.63) is 64.1 Å². The molecular formula is C19H16F2N2O5. The minimum atomic E-state index is -2.97. The molecule has 0 radical (unpaired) electrons. The van der Waals surface area contributed by atoms with E-state index < -0.39 is 12.6 Å². The molecule has 0 saturated heterocycles. The molecule has 0 aliphatic carbocycles. The predicted molar refractivity (Wildman–Crippen MR) is 95.5 cm³/mol. The van der Waals surface area contributed by atoms with Crippen LogP contribution in [0.5, 0.6) is 11.5 Å². The zero-order chi connectivity index (χ0) is 20.1. The molecular weight excluding hydrogens is 374 g/mol. The summed E-state index contributed by atoms with van der Waals surface area (Å²) in [6.07, 6.45) is -0.138. The number of nitrogens with one attached hydrogen (secondary N) is 1. The fourth-order valence-electron chi connectivity index (χ4n) is 2.65. The molecule has 0 aliphatic rings. The Balaban J connectivity index is 1.68. The van der Waals surface area contributed by atoms with Crippen LogP contribution in [0.2, 0.25) is 0 Å². The standard InChI is InChI=1S/C19H16F2N2O5/c1-26-16-8-11(6-7-15(16)28-19(20)21)10-27-17(24)9-14-12-4-2-3-5-13(12)18(25)23-22-14/h2-8,19H,9-10H2,1H3,(H,23,25). The van der Waals surface area contributed by atoms with E-state index in [0.717, 1.165) is 0 Å². The molecule has 0 spiro atoms. The van der Waals surface area contributed by atoms with E-state index >= 15 is 0 Å². The molecule has 0 amide bonds. The van der Waals surface area contributed by atoms with Gasteiger partial charge in [-0.3, -0.25) is 9.59 Å². The van der Waals surface area contributed by atoms with Crippen molar-refractivity contribution in [2.75, 3.05) is 7.11 Å². The number of fused-ring (bicyclic) bond motifs is 1. The Morgan fingerprint density at radius 1 is 1.14 bits per heavy atom. The van der Waals surface area contributed by atoms with Gasteiger partial charge in [-0.1, -0.05) is 24.3 Å². The fraction of sp³-hybridized carbons (Fsp3) is 0.211. The number of carbonyl (C=O) groups is 1. The van der Waals surface area contributed by atoms with Crippen LogP contribution in [0.4, 0.5) is 8.78 Å². The number of hydrogen-bond donors (Lipinski definition) is 1. The van der Waals surface area contributed by atoms with Crippen LogP contribution in [0.25, 0.3) is 10.8 Å².